The summed E-state index contributed by atoms with van der Waals surface area (Å²) in [6, 6.07) is 2.96. The number of rotatable bonds is 1. The van der Waals surface area contributed by atoms with Crippen LogP contribution in [0.5, 0.6) is 0 Å². The first-order valence-electron chi connectivity index (χ1n) is 3.44. The quantitative estimate of drug-likeness (QED) is 0.499. The average molecular weight is 186 g/mol. The molecule has 0 amide bonds. The number of benzene rings is 1. The van der Waals surface area contributed by atoms with E-state index in [1.54, 1.807) is 19.9 Å². The second kappa shape index (κ2) is 3.11. The van der Waals surface area contributed by atoms with Gasteiger partial charge in [0, 0.05) is 16.7 Å². The zero-order valence-corrected chi connectivity index (χ0v) is 7.55. The van der Waals surface area contributed by atoms with Gasteiger partial charge in [-0.2, -0.15) is 0 Å². The Kier molecular flexibility index (Phi) is 2.33. The zero-order chi connectivity index (χ0) is 9.30. The monoisotopic (exact) mass is 185 g/mol. The molecule has 0 bridgehead atoms. The topological polar surface area (TPSA) is 43.1 Å². The van der Waals surface area contributed by atoms with Crippen molar-refractivity contribution in [2.24, 2.45) is 0 Å². The lowest BCUT2D eigenvalue weighted by Crippen LogP contribution is -1.93. The summed E-state index contributed by atoms with van der Waals surface area (Å²) >= 11 is 5.77. The fraction of sp³-hybridized carbons (Fsp3) is 0.250. The number of hydrogen-bond donors (Lipinski definition) is 0. The third-order valence-electron chi connectivity index (χ3n) is 1.89. The second-order valence-electron chi connectivity index (χ2n) is 2.57. The molecule has 4 heteroatoms. The third kappa shape index (κ3) is 1.41. The summed E-state index contributed by atoms with van der Waals surface area (Å²) in [4.78, 5) is 10.0. The van der Waals surface area contributed by atoms with Crippen LogP contribution in [0.1, 0.15) is 11.1 Å². The normalized spacial score (nSPS) is 9.92. The van der Waals surface area contributed by atoms with Gasteiger partial charge >= 0.3 is 0 Å². The Bertz CT molecular complexity index is 336. The van der Waals surface area contributed by atoms with Crippen LogP contribution in [0.4, 0.5) is 5.69 Å². The van der Waals surface area contributed by atoms with E-state index in [0.29, 0.717) is 10.6 Å². The molecule has 0 atom stereocenters. The number of nitro benzene ring substituents is 1. The molecule has 0 heterocycles. The van der Waals surface area contributed by atoms with Crippen LogP contribution in [0, 0.1) is 24.0 Å². The van der Waals surface area contributed by atoms with E-state index in [4.69, 9.17) is 11.6 Å². The average Bonchev–Trinajstić information content (AvgIpc) is 2.00. The largest absolute Gasteiger partial charge is 0.272 e. The van der Waals surface area contributed by atoms with Crippen molar-refractivity contribution >= 4 is 17.3 Å². The number of nitrogens with zero attached hydrogens (tertiary/aromatic N) is 1. The van der Waals surface area contributed by atoms with Crippen molar-refractivity contribution in [2.45, 2.75) is 13.8 Å². The van der Waals surface area contributed by atoms with Crippen molar-refractivity contribution in [1.82, 2.24) is 0 Å². The standard InChI is InChI=1S/C8H8ClNO2/c1-5-6(2)8(10(11)12)4-3-7(5)9/h3-4H,1-2H3. The van der Waals surface area contributed by atoms with E-state index in [1.807, 2.05) is 0 Å². The molecule has 0 saturated carbocycles. The van der Waals surface area contributed by atoms with Gasteiger partial charge in [0.05, 0.1) is 4.92 Å². The molecule has 0 fully saturated rings. The van der Waals surface area contributed by atoms with Crippen LogP contribution in [-0.4, -0.2) is 4.92 Å². The molecular formula is C8H8ClNO2. The maximum atomic E-state index is 10.4. The maximum absolute atomic E-state index is 10.4. The first-order valence-corrected chi connectivity index (χ1v) is 3.82. The molecule has 12 heavy (non-hydrogen) atoms. The van der Waals surface area contributed by atoms with Gasteiger partial charge in [0.2, 0.25) is 0 Å². The van der Waals surface area contributed by atoms with Crippen LogP contribution < -0.4 is 0 Å². The Morgan fingerprint density at radius 1 is 1.33 bits per heavy atom. The van der Waals surface area contributed by atoms with E-state index in [-0.39, 0.29) is 5.69 Å². The van der Waals surface area contributed by atoms with Crippen LogP contribution in [0.15, 0.2) is 12.1 Å². The fourth-order valence-corrected chi connectivity index (χ4v) is 1.18. The molecule has 64 valence electrons. The summed E-state index contributed by atoms with van der Waals surface area (Å²) in [7, 11) is 0. The minimum atomic E-state index is -0.404. The SMILES string of the molecule is Cc1c(Cl)ccc([N+](=O)[O-])c1C. The number of hydrogen-bond acceptors (Lipinski definition) is 2. The summed E-state index contributed by atoms with van der Waals surface area (Å²) in [6.45, 7) is 3.46. The van der Waals surface area contributed by atoms with E-state index in [0.717, 1.165) is 5.56 Å². The highest BCUT2D eigenvalue weighted by Gasteiger charge is 2.12. The van der Waals surface area contributed by atoms with Gasteiger partial charge in [0.1, 0.15) is 0 Å². The van der Waals surface area contributed by atoms with Crippen molar-refractivity contribution < 1.29 is 4.92 Å². The second-order valence-corrected chi connectivity index (χ2v) is 2.98. The molecule has 0 aliphatic rings. The summed E-state index contributed by atoms with van der Waals surface area (Å²) in [5, 5.41) is 11.0. The highest BCUT2D eigenvalue weighted by Crippen LogP contribution is 2.26. The van der Waals surface area contributed by atoms with Crippen molar-refractivity contribution in [3.63, 3.8) is 0 Å². The minimum absolute atomic E-state index is 0.122. The van der Waals surface area contributed by atoms with Gasteiger partial charge < -0.3 is 0 Å². The van der Waals surface area contributed by atoms with E-state index in [2.05, 4.69) is 0 Å². The number of nitro groups is 1. The summed E-state index contributed by atoms with van der Waals surface area (Å²) in [6.07, 6.45) is 0. The van der Waals surface area contributed by atoms with Gasteiger partial charge in [-0.3, -0.25) is 10.1 Å². The maximum Gasteiger partial charge on any atom is 0.272 e. The van der Waals surface area contributed by atoms with E-state index < -0.39 is 4.92 Å². The smallest absolute Gasteiger partial charge is 0.258 e. The lowest BCUT2D eigenvalue weighted by molar-refractivity contribution is -0.385. The molecular weight excluding hydrogens is 178 g/mol. The Morgan fingerprint density at radius 2 is 1.92 bits per heavy atom. The number of halogens is 1. The molecule has 3 nitrogen and oxygen atoms in total. The van der Waals surface area contributed by atoms with Gasteiger partial charge in [-0.15, -0.1) is 0 Å². The Hall–Kier alpha value is -1.09. The van der Waals surface area contributed by atoms with Gasteiger partial charge in [-0.25, -0.2) is 0 Å². The van der Waals surface area contributed by atoms with Gasteiger partial charge in [-0.1, -0.05) is 11.6 Å². The van der Waals surface area contributed by atoms with Crippen molar-refractivity contribution in [3.05, 3.63) is 38.4 Å². The highest BCUT2D eigenvalue weighted by atomic mass is 35.5. The molecule has 1 aromatic carbocycles. The molecule has 1 rings (SSSR count). The first kappa shape index (κ1) is 9.00. The van der Waals surface area contributed by atoms with Gasteiger partial charge in [0.15, 0.2) is 0 Å². The Morgan fingerprint density at radius 3 is 2.42 bits per heavy atom. The zero-order valence-electron chi connectivity index (χ0n) is 6.80. The predicted molar refractivity (Wildman–Crippen MR) is 47.6 cm³/mol. The molecule has 0 saturated heterocycles. The lowest BCUT2D eigenvalue weighted by atomic mass is 10.1. The molecule has 0 aliphatic carbocycles. The lowest BCUT2D eigenvalue weighted by Gasteiger charge is -2.02. The highest BCUT2D eigenvalue weighted by molar-refractivity contribution is 6.31. The Balaban J connectivity index is 3.36. The first-order chi connectivity index (χ1) is 5.54. The van der Waals surface area contributed by atoms with Gasteiger partial charge in [-0.05, 0) is 25.5 Å². The third-order valence-corrected chi connectivity index (χ3v) is 2.30. The van der Waals surface area contributed by atoms with Crippen molar-refractivity contribution in [3.8, 4) is 0 Å². The molecule has 0 radical (unpaired) electrons. The summed E-state index contributed by atoms with van der Waals surface area (Å²) < 4.78 is 0. The van der Waals surface area contributed by atoms with Crippen LogP contribution >= 0.6 is 11.6 Å². The molecule has 0 aromatic heterocycles. The predicted octanol–water partition coefficient (Wildman–Crippen LogP) is 2.87. The van der Waals surface area contributed by atoms with Crippen molar-refractivity contribution in [2.75, 3.05) is 0 Å². The molecule has 0 spiro atoms. The summed E-state index contributed by atoms with van der Waals surface area (Å²) in [5.74, 6) is 0. The molecule has 0 N–H and O–H groups in total. The molecule has 0 unspecified atom stereocenters. The fourth-order valence-electron chi connectivity index (χ4n) is 0.971. The van der Waals surface area contributed by atoms with Crippen LogP contribution in [0.3, 0.4) is 0 Å². The van der Waals surface area contributed by atoms with Crippen LogP contribution in [0.25, 0.3) is 0 Å². The van der Waals surface area contributed by atoms with Crippen LogP contribution in [-0.2, 0) is 0 Å². The summed E-state index contributed by atoms with van der Waals surface area (Å²) in [5.41, 5.74) is 1.52. The van der Waals surface area contributed by atoms with Gasteiger partial charge in [0.25, 0.3) is 5.69 Å². The molecule has 0 aliphatic heterocycles. The van der Waals surface area contributed by atoms with Crippen LogP contribution in [0.2, 0.25) is 5.02 Å². The van der Waals surface area contributed by atoms with E-state index in [1.165, 1.54) is 6.07 Å². The van der Waals surface area contributed by atoms with Crippen molar-refractivity contribution in [1.29, 1.82) is 0 Å². The Labute approximate surface area is 75.1 Å². The molecule has 1 aromatic rings. The minimum Gasteiger partial charge on any atom is -0.258 e. The van der Waals surface area contributed by atoms with E-state index in [9.17, 15) is 10.1 Å². The van der Waals surface area contributed by atoms with E-state index >= 15 is 0 Å².